The Morgan fingerprint density at radius 3 is 2.33 bits per heavy atom. The lowest BCUT2D eigenvalue weighted by atomic mass is 10.1. The summed E-state index contributed by atoms with van der Waals surface area (Å²) in [5, 5.41) is 11.0. The minimum atomic E-state index is -2.49. The van der Waals surface area contributed by atoms with E-state index < -0.39 is 12.5 Å². The Labute approximate surface area is 124 Å². The van der Waals surface area contributed by atoms with E-state index in [0.717, 1.165) is 15.2 Å². The Kier molecular flexibility index (Phi) is 3.94. The van der Waals surface area contributed by atoms with E-state index in [9.17, 15) is 13.9 Å². The number of thiazole rings is 1. The lowest BCUT2D eigenvalue weighted by Gasteiger charge is -2.10. The summed E-state index contributed by atoms with van der Waals surface area (Å²) in [5.41, 5.74) is 1.50. The SMILES string of the molecule is OC(Cc1nc2ccccc2s1)c1ccc(C(F)F)cc1. The molecule has 0 amide bonds. The summed E-state index contributed by atoms with van der Waals surface area (Å²) in [6, 6.07) is 13.6. The molecule has 1 heterocycles. The van der Waals surface area contributed by atoms with Gasteiger partial charge in [-0.3, -0.25) is 0 Å². The number of hydrogen-bond donors (Lipinski definition) is 1. The molecule has 0 saturated heterocycles. The van der Waals surface area contributed by atoms with Crippen LogP contribution in [0.15, 0.2) is 48.5 Å². The van der Waals surface area contributed by atoms with Crippen molar-refractivity contribution in [1.82, 2.24) is 4.98 Å². The molecule has 0 bridgehead atoms. The zero-order chi connectivity index (χ0) is 14.8. The summed E-state index contributed by atoms with van der Waals surface area (Å²) in [5.74, 6) is 0. The van der Waals surface area contributed by atoms with Crippen molar-refractivity contribution in [3.05, 3.63) is 64.7 Å². The van der Waals surface area contributed by atoms with Crippen molar-refractivity contribution >= 4 is 21.6 Å². The molecule has 108 valence electrons. The van der Waals surface area contributed by atoms with Crippen LogP contribution in [0, 0.1) is 0 Å². The number of hydrogen-bond acceptors (Lipinski definition) is 3. The molecule has 0 fully saturated rings. The zero-order valence-electron chi connectivity index (χ0n) is 11.0. The minimum Gasteiger partial charge on any atom is -0.388 e. The Balaban J connectivity index is 1.77. The van der Waals surface area contributed by atoms with Crippen molar-refractivity contribution < 1.29 is 13.9 Å². The van der Waals surface area contributed by atoms with Crippen LogP contribution in [-0.4, -0.2) is 10.1 Å². The molecule has 1 unspecified atom stereocenters. The number of nitrogens with zero attached hydrogens (tertiary/aromatic N) is 1. The molecular weight excluding hydrogens is 292 g/mol. The average molecular weight is 305 g/mol. The van der Waals surface area contributed by atoms with Crippen LogP contribution >= 0.6 is 11.3 Å². The van der Waals surface area contributed by atoms with E-state index >= 15 is 0 Å². The number of rotatable bonds is 4. The molecule has 3 aromatic rings. The largest absolute Gasteiger partial charge is 0.388 e. The minimum absolute atomic E-state index is 0.0362. The normalized spacial score (nSPS) is 13.0. The third kappa shape index (κ3) is 3.09. The quantitative estimate of drug-likeness (QED) is 0.769. The van der Waals surface area contributed by atoms with Crippen LogP contribution in [0.1, 0.15) is 28.7 Å². The van der Waals surface area contributed by atoms with Gasteiger partial charge < -0.3 is 5.11 Å². The second kappa shape index (κ2) is 5.87. The van der Waals surface area contributed by atoms with Gasteiger partial charge in [-0.25, -0.2) is 13.8 Å². The van der Waals surface area contributed by atoms with E-state index in [1.54, 1.807) is 12.1 Å². The van der Waals surface area contributed by atoms with Gasteiger partial charge in [0.25, 0.3) is 6.43 Å². The van der Waals surface area contributed by atoms with Crippen molar-refractivity contribution in [3.63, 3.8) is 0 Å². The van der Waals surface area contributed by atoms with Crippen molar-refractivity contribution in [1.29, 1.82) is 0 Å². The second-order valence-electron chi connectivity index (χ2n) is 4.76. The molecule has 0 spiro atoms. The number of fused-ring (bicyclic) bond motifs is 1. The molecule has 2 nitrogen and oxygen atoms in total. The fraction of sp³-hybridized carbons (Fsp3) is 0.188. The first kappa shape index (κ1) is 14.1. The van der Waals surface area contributed by atoms with E-state index in [0.29, 0.717) is 12.0 Å². The van der Waals surface area contributed by atoms with Gasteiger partial charge in [-0.2, -0.15) is 0 Å². The maximum absolute atomic E-state index is 12.5. The molecule has 1 atom stereocenters. The van der Waals surface area contributed by atoms with Crippen molar-refractivity contribution in [2.75, 3.05) is 0 Å². The monoisotopic (exact) mass is 305 g/mol. The molecular formula is C16H13F2NOS. The van der Waals surface area contributed by atoms with Gasteiger partial charge in [0.2, 0.25) is 0 Å². The van der Waals surface area contributed by atoms with Gasteiger partial charge in [0.15, 0.2) is 0 Å². The predicted molar refractivity (Wildman–Crippen MR) is 79.7 cm³/mol. The molecule has 0 aliphatic carbocycles. The van der Waals surface area contributed by atoms with Crippen LogP contribution < -0.4 is 0 Å². The topological polar surface area (TPSA) is 33.1 Å². The number of benzene rings is 2. The van der Waals surface area contributed by atoms with Gasteiger partial charge in [0.1, 0.15) is 0 Å². The van der Waals surface area contributed by atoms with E-state index in [2.05, 4.69) is 4.98 Å². The molecule has 0 saturated carbocycles. The first-order valence-corrected chi connectivity index (χ1v) is 7.35. The van der Waals surface area contributed by atoms with Crippen LogP contribution in [0.5, 0.6) is 0 Å². The molecule has 1 N–H and O–H groups in total. The third-order valence-electron chi connectivity index (χ3n) is 3.28. The third-order valence-corrected chi connectivity index (χ3v) is 4.34. The van der Waals surface area contributed by atoms with Crippen LogP contribution in [0.4, 0.5) is 8.78 Å². The van der Waals surface area contributed by atoms with E-state index in [1.165, 1.54) is 23.5 Å². The molecule has 2 aromatic carbocycles. The number of aliphatic hydroxyl groups is 1. The standard InChI is InChI=1S/C16H13F2NOS/c17-16(18)11-7-5-10(6-8-11)13(20)9-15-19-12-3-1-2-4-14(12)21-15/h1-8,13,16,20H,9H2. The first-order chi connectivity index (χ1) is 10.1. The fourth-order valence-electron chi connectivity index (χ4n) is 2.15. The van der Waals surface area contributed by atoms with E-state index in [4.69, 9.17) is 0 Å². The lowest BCUT2D eigenvalue weighted by Crippen LogP contribution is -2.01. The summed E-state index contributed by atoms with van der Waals surface area (Å²) < 4.78 is 26.1. The zero-order valence-corrected chi connectivity index (χ0v) is 11.9. The smallest absolute Gasteiger partial charge is 0.263 e. The number of aliphatic hydroxyl groups excluding tert-OH is 1. The lowest BCUT2D eigenvalue weighted by molar-refractivity contribution is 0.151. The summed E-state index contributed by atoms with van der Waals surface area (Å²) >= 11 is 1.54. The first-order valence-electron chi connectivity index (χ1n) is 6.54. The highest BCUT2D eigenvalue weighted by atomic mass is 32.1. The highest BCUT2D eigenvalue weighted by Gasteiger charge is 2.13. The number of alkyl halides is 2. The van der Waals surface area contributed by atoms with Crippen molar-refractivity contribution in [2.45, 2.75) is 19.0 Å². The van der Waals surface area contributed by atoms with Gasteiger partial charge in [-0.1, -0.05) is 36.4 Å². The molecule has 5 heteroatoms. The summed E-state index contributed by atoms with van der Waals surface area (Å²) in [7, 11) is 0. The maximum atomic E-state index is 12.5. The highest BCUT2D eigenvalue weighted by molar-refractivity contribution is 7.18. The fourth-order valence-corrected chi connectivity index (χ4v) is 3.16. The molecule has 0 aliphatic heterocycles. The van der Waals surface area contributed by atoms with Gasteiger partial charge in [-0.05, 0) is 17.7 Å². The number of para-hydroxylation sites is 1. The Morgan fingerprint density at radius 1 is 1.00 bits per heavy atom. The Bertz CT molecular complexity index is 706. The van der Waals surface area contributed by atoms with Crippen LogP contribution in [-0.2, 0) is 6.42 Å². The summed E-state index contributed by atoms with van der Waals surface area (Å²) in [6.07, 6.45) is -2.84. The van der Waals surface area contributed by atoms with Crippen molar-refractivity contribution in [2.24, 2.45) is 0 Å². The molecule has 21 heavy (non-hydrogen) atoms. The molecule has 3 rings (SSSR count). The maximum Gasteiger partial charge on any atom is 0.263 e. The molecule has 1 aromatic heterocycles. The molecule has 0 radical (unpaired) electrons. The number of aromatic nitrogens is 1. The predicted octanol–water partition coefficient (Wildman–Crippen LogP) is 4.51. The van der Waals surface area contributed by atoms with Gasteiger partial charge in [0, 0.05) is 12.0 Å². The van der Waals surface area contributed by atoms with Gasteiger partial charge >= 0.3 is 0 Å². The second-order valence-corrected chi connectivity index (χ2v) is 5.88. The highest BCUT2D eigenvalue weighted by Crippen LogP contribution is 2.27. The Morgan fingerprint density at radius 2 is 1.67 bits per heavy atom. The van der Waals surface area contributed by atoms with Gasteiger partial charge in [-0.15, -0.1) is 11.3 Å². The summed E-state index contributed by atoms with van der Waals surface area (Å²) in [6.45, 7) is 0. The number of halogens is 2. The Hall–Kier alpha value is -1.85. The van der Waals surface area contributed by atoms with E-state index in [1.807, 2.05) is 24.3 Å². The molecule has 0 aliphatic rings. The van der Waals surface area contributed by atoms with Crippen LogP contribution in [0.2, 0.25) is 0 Å². The van der Waals surface area contributed by atoms with Crippen molar-refractivity contribution in [3.8, 4) is 0 Å². The summed E-state index contributed by atoms with van der Waals surface area (Å²) in [4.78, 5) is 4.46. The van der Waals surface area contributed by atoms with Crippen LogP contribution in [0.25, 0.3) is 10.2 Å². The van der Waals surface area contributed by atoms with Gasteiger partial charge in [0.05, 0.1) is 21.3 Å². The average Bonchev–Trinajstić information content (AvgIpc) is 2.89. The van der Waals surface area contributed by atoms with Crippen LogP contribution in [0.3, 0.4) is 0 Å². The van der Waals surface area contributed by atoms with E-state index in [-0.39, 0.29) is 5.56 Å².